The van der Waals surface area contributed by atoms with Crippen molar-refractivity contribution in [2.45, 2.75) is 59.9 Å². The van der Waals surface area contributed by atoms with Crippen molar-refractivity contribution in [3.05, 3.63) is 70.9 Å². The molecule has 3 heterocycles. The molecule has 0 spiro atoms. The van der Waals surface area contributed by atoms with Gasteiger partial charge in [-0.25, -0.2) is 4.98 Å². The van der Waals surface area contributed by atoms with E-state index < -0.39 is 0 Å². The zero-order valence-electron chi connectivity index (χ0n) is 18.7. The van der Waals surface area contributed by atoms with Gasteiger partial charge in [0.25, 0.3) is 0 Å². The summed E-state index contributed by atoms with van der Waals surface area (Å²) in [5.74, 6) is 1.89. The van der Waals surface area contributed by atoms with E-state index in [0.29, 0.717) is 0 Å². The third kappa shape index (κ3) is 4.11. The molecule has 1 N–H and O–H groups in total. The van der Waals surface area contributed by atoms with Gasteiger partial charge in [0.05, 0.1) is 11.4 Å². The highest BCUT2D eigenvalue weighted by molar-refractivity contribution is 5.72. The van der Waals surface area contributed by atoms with Crippen LogP contribution >= 0.6 is 0 Å². The SMILES string of the molecule is Cc1ccc(CCc2nc3cc(-c4c(C)noc4C)ccn3c2NC(C)(C)C)cc1. The average molecular weight is 403 g/mol. The highest BCUT2D eigenvalue weighted by Crippen LogP contribution is 2.30. The van der Waals surface area contributed by atoms with Gasteiger partial charge in [0.2, 0.25) is 0 Å². The predicted octanol–water partition coefficient (Wildman–Crippen LogP) is 5.91. The van der Waals surface area contributed by atoms with Gasteiger partial charge in [-0.1, -0.05) is 35.0 Å². The summed E-state index contributed by atoms with van der Waals surface area (Å²) in [6.07, 6.45) is 3.93. The Labute approximate surface area is 178 Å². The Morgan fingerprint density at radius 2 is 1.73 bits per heavy atom. The highest BCUT2D eigenvalue weighted by atomic mass is 16.5. The van der Waals surface area contributed by atoms with Gasteiger partial charge in [-0.2, -0.15) is 0 Å². The Hall–Kier alpha value is -3.08. The Balaban J connectivity index is 1.73. The van der Waals surface area contributed by atoms with Crippen LogP contribution in [0.15, 0.2) is 47.1 Å². The van der Waals surface area contributed by atoms with Crippen LogP contribution < -0.4 is 5.32 Å². The van der Waals surface area contributed by atoms with Crippen LogP contribution in [0.4, 0.5) is 5.82 Å². The number of anilines is 1. The molecule has 156 valence electrons. The minimum atomic E-state index is -0.0606. The van der Waals surface area contributed by atoms with Gasteiger partial charge < -0.3 is 9.84 Å². The normalized spacial score (nSPS) is 11.9. The van der Waals surface area contributed by atoms with Crippen LogP contribution in [-0.2, 0) is 12.8 Å². The molecule has 3 aromatic heterocycles. The Morgan fingerprint density at radius 3 is 2.37 bits per heavy atom. The molecule has 0 amide bonds. The molecule has 4 rings (SSSR count). The molecule has 5 nitrogen and oxygen atoms in total. The number of benzene rings is 1. The maximum absolute atomic E-state index is 5.36. The molecular formula is C25H30N4O. The number of nitrogens with one attached hydrogen (secondary N) is 1. The van der Waals surface area contributed by atoms with E-state index in [4.69, 9.17) is 9.51 Å². The van der Waals surface area contributed by atoms with Gasteiger partial charge in [0, 0.05) is 17.3 Å². The van der Waals surface area contributed by atoms with Gasteiger partial charge in [0.15, 0.2) is 0 Å². The van der Waals surface area contributed by atoms with E-state index in [0.717, 1.165) is 52.6 Å². The summed E-state index contributed by atoms with van der Waals surface area (Å²) >= 11 is 0. The Morgan fingerprint density at radius 1 is 1.00 bits per heavy atom. The van der Waals surface area contributed by atoms with Crippen LogP contribution in [-0.4, -0.2) is 20.1 Å². The van der Waals surface area contributed by atoms with Crippen LogP contribution in [0.5, 0.6) is 0 Å². The highest BCUT2D eigenvalue weighted by Gasteiger charge is 2.19. The van der Waals surface area contributed by atoms with Gasteiger partial charge in [-0.15, -0.1) is 0 Å². The fourth-order valence-corrected chi connectivity index (χ4v) is 3.82. The first-order valence-corrected chi connectivity index (χ1v) is 10.5. The van der Waals surface area contributed by atoms with Crippen LogP contribution in [0.25, 0.3) is 16.8 Å². The topological polar surface area (TPSA) is 55.4 Å². The van der Waals surface area contributed by atoms with Gasteiger partial charge in [0.1, 0.15) is 17.2 Å². The lowest BCUT2D eigenvalue weighted by molar-refractivity contribution is 0.393. The number of pyridine rings is 1. The fourth-order valence-electron chi connectivity index (χ4n) is 3.82. The number of nitrogens with zero attached hydrogens (tertiary/aromatic N) is 3. The zero-order valence-corrected chi connectivity index (χ0v) is 18.7. The summed E-state index contributed by atoms with van der Waals surface area (Å²) in [5.41, 5.74) is 7.59. The molecule has 1 aromatic carbocycles. The molecule has 0 fully saturated rings. The number of imidazole rings is 1. The van der Waals surface area contributed by atoms with Crippen LogP contribution in [0.3, 0.4) is 0 Å². The number of rotatable bonds is 5. The molecule has 0 aliphatic rings. The van der Waals surface area contributed by atoms with E-state index in [-0.39, 0.29) is 5.54 Å². The molecule has 5 heteroatoms. The smallest absolute Gasteiger partial charge is 0.141 e. The van der Waals surface area contributed by atoms with Gasteiger partial charge in [-0.3, -0.25) is 4.40 Å². The standard InChI is InChI=1S/C25H30N4O/c1-16-7-9-19(10-8-16)11-12-21-24(27-25(4,5)6)29-14-13-20(15-22(29)26-21)23-17(2)28-30-18(23)3/h7-10,13-15,27H,11-12H2,1-6H3. The molecule has 0 radical (unpaired) electrons. The van der Waals surface area contributed by atoms with Crippen molar-refractivity contribution in [3.8, 4) is 11.1 Å². The van der Waals surface area contributed by atoms with E-state index in [1.54, 1.807) is 0 Å². The van der Waals surface area contributed by atoms with Crippen molar-refractivity contribution < 1.29 is 4.52 Å². The largest absolute Gasteiger partial charge is 0.365 e. The van der Waals surface area contributed by atoms with Gasteiger partial charge in [-0.05, 0) is 77.6 Å². The third-order valence-electron chi connectivity index (χ3n) is 5.28. The molecule has 0 saturated carbocycles. The van der Waals surface area contributed by atoms with E-state index in [1.807, 2.05) is 13.8 Å². The maximum Gasteiger partial charge on any atom is 0.141 e. The van der Waals surface area contributed by atoms with Crippen LogP contribution in [0.2, 0.25) is 0 Å². The molecule has 0 bridgehead atoms. The number of hydrogen-bond acceptors (Lipinski definition) is 4. The third-order valence-corrected chi connectivity index (χ3v) is 5.28. The second-order valence-electron chi connectivity index (χ2n) is 9.11. The molecular weight excluding hydrogens is 372 g/mol. The minimum absolute atomic E-state index is 0.0606. The molecule has 0 saturated heterocycles. The van der Waals surface area contributed by atoms with Crippen LogP contribution in [0.1, 0.15) is 49.0 Å². The lowest BCUT2D eigenvalue weighted by atomic mass is 10.1. The van der Waals surface area contributed by atoms with Crippen molar-refractivity contribution in [1.82, 2.24) is 14.5 Å². The molecule has 0 unspecified atom stereocenters. The quantitative estimate of drug-likeness (QED) is 0.451. The number of aromatic nitrogens is 3. The van der Waals surface area contributed by atoms with Crippen molar-refractivity contribution in [1.29, 1.82) is 0 Å². The monoisotopic (exact) mass is 402 g/mol. The van der Waals surface area contributed by atoms with E-state index in [9.17, 15) is 0 Å². The summed E-state index contributed by atoms with van der Waals surface area (Å²) in [6.45, 7) is 12.6. The second kappa shape index (κ2) is 7.63. The average Bonchev–Trinajstić information content (AvgIpc) is 3.19. The van der Waals surface area contributed by atoms with E-state index >= 15 is 0 Å². The lowest BCUT2D eigenvalue weighted by Crippen LogP contribution is -2.27. The molecule has 0 atom stereocenters. The number of hydrogen-bond donors (Lipinski definition) is 1. The van der Waals surface area contributed by atoms with Crippen LogP contribution in [0, 0.1) is 20.8 Å². The van der Waals surface area contributed by atoms with Crippen molar-refractivity contribution in [2.75, 3.05) is 5.32 Å². The first kappa shape index (κ1) is 20.2. The predicted molar refractivity (Wildman–Crippen MR) is 122 cm³/mol. The molecule has 0 aliphatic carbocycles. The summed E-state index contributed by atoms with van der Waals surface area (Å²) < 4.78 is 7.51. The maximum atomic E-state index is 5.36. The summed E-state index contributed by atoms with van der Waals surface area (Å²) in [5, 5.41) is 7.76. The summed E-state index contributed by atoms with van der Waals surface area (Å²) in [7, 11) is 0. The van der Waals surface area contributed by atoms with Crippen molar-refractivity contribution in [3.63, 3.8) is 0 Å². The molecule has 0 aliphatic heterocycles. The number of aryl methyl sites for hydroxylation is 5. The number of fused-ring (bicyclic) bond motifs is 1. The minimum Gasteiger partial charge on any atom is -0.365 e. The fraction of sp³-hybridized carbons (Fsp3) is 0.360. The summed E-state index contributed by atoms with van der Waals surface area (Å²) in [4.78, 5) is 5.01. The van der Waals surface area contributed by atoms with Crippen molar-refractivity contribution >= 4 is 11.5 Å². The molecule has 30 heavy (non-hydrogen) atoms. The van der Waals surface area contributed by atoms with E-state index in [1.165, 1.54) is 11.1 Å². The van der Waals surface area contributed by atoms with Gasteiger partial charge >= 0.3 is 0 Å². The van der Waals surface area contributed by atoms with E-state index in [2.05, 4.69) is 85.2 Å². The Kier molecular flexibility index (Phi) is 5.14. The molecule has 4 aromatic rings. The Bertz CT molecular complexity index is 1160. The zero-order chi connectivity index (χ0) is 21.5. The first-order valence-electron chi connectivity index (χ1n) is 10.5. The first-order chi connectivity index (χ1) is 14.2. The summed E-state index contributed by atoms with van der Waals surface area (Å²) in [6, 6.07) is 13.0. The second-order valence-corrected chi connectivity index (χ2v) is 9.11. The lowest BCUT2D eigenvalue weighted by Gasteiger charge is -2.22. The van der Waals surface area contributed by atoms with Crippen molar-refractivity contribution in [2.24, 2.45) is 0 Å².